The van der Waals surface area contributed by atoms with Gasteiger partial charge in [-0.3, -0.25) is 4.79 Å². The monoisotopic (exact) mass is 268 g/mol. The highest BCUT2D eigenvalue weighted by atomic mass is 16.5. The molecule has 0 aromatic rings. The molecule has 0 radical (unpaired) electrons. The van der Waals surface area contributed by atoms with E-state index < -0.39 is 0 Å². The molecule has 0 spiro atoms. The van der Waals surface area contributed by atoms with Crippen molar-refractivity contribution >= 4 is 5.91 Å². The van der Waals surface area contributed by atoms with Gasteiger partial charge in [0.15, 0.2) is 0 Å². The SMILES string of the molecule is CCOC1CC(CC(=O)N2CCCC(CCN)C2)C1. The van der Waals surface area contributed by atoms with Crippen molar-refractivity contribution in [2.45, 2.75) is 51.6 Å². The minimum atomic E-state index is 0.349. The van der Waals surface area contributed by atoms with E-state index in [-0.39, 0.29) is 0 Å². The first-order chi connectivity index (χ1) is 9.22. The van der Waals surface area contributed by atoms with E-state index in [9.17, 15) is 4.79 Å². The lowest BCUT2D eigenvalue weighted by atomic mass is 9.79. The standard InChI is InChI=1S/C15H28N2O2/c1-2-19-14-8-13(9-14)10-15(18)17-7-3-4-12(11-17)5-6-16/h12-14H,2-11,16H2,1H3. The topological polar surface area (TPSA) is 55.6 Å². The predicted molar refractivity (Wildman–Crippen MR) is 75.7 cm³/mol. The molecule has 19 heavy (non-hydrogen) atoms. The molecule has 1 saturated heterocycles. The first kappa shape index (κ1) is 14.8. The van der Waals surface area contributed by atoms with E-state index in [0.717, 1.165) is 58.3 Å². The van der Waals surface area contributed by atoms with Gasteiger partial charge < -0.3 is 15.4 Å². The second kappa shape index (κ2) is 7.25. The summed E-state index contributed by atoms with van der Waals surface area (Å²) in [5, 5.41) is 0. The summed E-state index contributed by atoms with van der Waals surface area (Å²) in [6.45, 7) is 5.44. The molecule has 2 aliphatic rings. The molecule has 1 unspecified atom stereocenters. The highest BCUT2D eigenvalue weighted by Gasteiger charge is 2.33. The second-order valence-corrected chi connectivity index (χ2v) is 6.04. The number of ether oxygens (including phenoxy) is 1. The van der Waals surface area contributed by atoms with Crippen molar-refractivity contribution in [3.05, 3.63) is 0 Å². The summed E-state index contributed by atoms with van der Waals surface area (Å²) in [4.78, 5) is 14.3. The number of nitrogens with zero attached hydrogens (tertiary/aromatic N) is 1. The number of likely N-dealkylation sites (tertiary alicyclic amines) is 1. The maximum Gasteiger partial charge on any atom is 0.222 e. The van der Waals surface area contributed by atoms with Gasteiger partial charge in [-0.05, 0) is 57.4 Å². The van der Waals surface area contributed by atoms with E-state index in [2.05, 4.69) is 4.90 Å². The molecule has 0 bridgehead atoms. The molecule has 2 rings (SSSR count). The van der Waals surface area contributed by atoms with E-state index in [1.54, 1.807) is 0 Å². The third-order valence-corrected chi connectivity index (χ3v) is 4.50. The van der Waals surface area contributed by atoms with Crippen molar-refractivity contribution in [2.75, 3.05) is 26.2 Å². The second-order valence-electron chi connectivity index (χ2n) is 6.04. The minimum Gasteiger partial charge on any atom is -0.378 e. The van der Waals surface area contributed by atoms with Crippen molar-refractivity contribution in [3.63, 3.8) is 0 Å². The molecule has 110 valence electrons. The van der Waals surface area contributed by atoms with Gasteiger partial charge in [-0.1, -0.05) is 0 Å². The molecule has 2 fully saturated rings. The summed E-state index contributed by atoms with van der Waals surface area (Å²) < 4.78 is 5.55. The molecule has 1 saturated carbocycles. The number of amides is 1. The van der Waals surface area contributed by atoms with E-state index >= 15 is 0 Å². The van der Waals surface area contributed by atoms with Crippen LogP contribution in [0, 0.1) is 11.8 Å². The van der Waals surface area contributed by atoms with Crippen molar-refractivity contribution in [1.29, 1.82) is 0 Å². The van der Waals surface area contributed by atoms with Crippen molar-refractivity contribution in [1.82, 2.24) is 4.90 Å². The molecule has 4 nitrogen and oxygen atoms in total. The Balaban J connectivity index is 1.68. The Morgan fingerprint density at radius 3 is 2.84 bits per heavy atom. The van der Waals surface area contributed by atoms with Gasteiger partial charge in [-0.25, -0.2) is 0 Å². The summed E-state index contributed by atoms with van der Waals surface area (Å²) in [6.07, 6.45) is 6.70. The van der Waals surface area contributed by atoms with Crippen LogP contribution < -0.4 is 5.73 Å². The van der Waals surface area contributed by atoms with Crippen LogP contribution >= 0.6 is 0 Å². The molecule has 1 aliphatic heterocycles. The smallest absolute Gasteiger partial charge is 0.222 e. The molecule has 4 heteroatoms. The molecular weight excluding hydrogens is 240 g/mol. The van der Waals surface area contributed by atoms with Crippen LogP contribution in [0.3, 0.4) is 0 Å². The van der Waals surface area contributed by atoms with Crippen LogP contribution in [-0.4, -0.2) is 43.2 Å². The Labute approximate surface area is 116 Å². The Bertz CT molecular complexity index is 288. The van der Waals surface area contributed by atoms with Crippen molar-refractivity contribution in [3.8, 4) is 0 Å². The number of hydrogen-bond donors (Lipinski definition) is 1. The quantitative estimate of drug-likeness (QED) is 0.799. The van der Waals surface area contributed by atoms with Gasteiger partial charge in [-0.15, -0.1) is 0 Å². The zero-order chi connectivity index (χ0) is 13.7. The number of hydrogen-bond acceptors (Lipinski definition) is 3. The van der Waals surface area contributed by atoms with Crippen LogP contribution in [0.4, 0.5) is 0 Å². The van der Waals surface area contributed by atoms with Gasteiger partial charge >= 0.3 is 0 Å². The summed E-state index contributed by atoms with van der Waals surface area (Å²) >= 11 is 0. The molecule has 1 aliphatic carbocycles. The van der Waals surface area contributed by atoms with Gasteiger partial charge in [0.25, 0.3) is 0 Å². The highest BCUT2D eigenvalue weighted by molar-refractivity contribution is 5.76. The first-order valence-corrected chi connectivity index (χ1v) is 7.82. The van der Waals surface area contributed by atoms with Crippen LogP contribution in [-0.2, 0) is 9.53 Å². The highest BCUT2D eigenvalue weighted by Crippen LogP contribution is 2.33. The molecule has 1 heterocycles. The van der Waals surface area contributed by atoms with Gasteiger partial charge in [0.05, 0.1) is 6.10 Å². The maximum absolute atomic E-state index is 12.3. The molecule has 0 aromatic heterocycles. The fraction of sp³-hybridized carbons (Fsp3) is 0.933. The summed E-state index contributed by atoms with van der Waals surface area (Å²) in [6, 6.07) is 0. The lowest BCUT2D eigenvalue weighted by Gasteiger charge is -2.37. The minimum absolute atomic E-state index is 0.349. The Morgan fingerprint density at radius 1 is 1.37 bits per heavy atom. The predicted octanol–water partition coefficient (Wildman–Crippen LogP) is 1.78. The summed E-state index contributed by atoms with van der Waals surface area (Å²) in [5.74, 6) is 1.53. The van der Waals surface area contributed by atoms with Crippen molar-refractivity contribution < 1.29 is 9.53 Å². The molecule has 1 amide bonds. The zero-order valence-electron chi connectivity index (χ0n) is 12.1. The first-order valence-electron chi connectivity index (χ1n) is 7.82. The van der Waals surface area contributed by atoms with Crippen LogP contribution in [0.2, 0.25) is 0 Å². The number of carbonyl (C=O) groups is 1. The largest absolute Gasteiger partial charge is 0.378 e. The van der Waals surface area contributed by atoms with Gasteiger partial charge in [0, 0.05) is 26.1 Å². The Morgan fingerprint density at radius 2 is 2.16 bits per heavy atom. The average Bonchev–Trinajstić information content (AvgIpc) is 2.37. The van der Waals surface area contributed by atoms with Crippen LogP contribution in [0.25, 0.3) is 0 Å². The maximum atomic E-state index is 12.3. The third kappa shape index (κ3) is 4.18. The Kier molecular flexibility index (Phi) is 5.64. The average molecular weight is 268 g/mol. The molecule has 2 N–H and O–H groups in total. The van der Waals surface area contributed by atoms with E-state index in [4.69, 9.17) is 10.5 Å². The van der Waals surface area contributed by atoms with Gasteiger partial charge in [0.2, 0.25) is 5.91 Å². The molecule has 0 aromatic carbocycles. The third-order valence-electron chi connectivity index (χ3n) is 4.50. The lowest BCUT2D eigenvalue weighted by molar-refractivity contribution is -0.136. The zero-order valence-corrected chi connectivity index (χ0v) is 12.1. The number of nitrogens with two attached hydrogens (primary N) is 1. The number of piperidine rings is 1. The fourth-order valence-electron chi connectivity index (χ4n) is 3.35. The number of rotatable bonds is 6. The number of carbonyl (C=O) groups excluding carboxylic acids is 1. The van der Waals surface area contributed by atoms with Gasteiger partial charge in [0.1, 0.15) is 0 Å². The normalized spacial score (nSPS) is 31.1. The summed E-state index contributed by atoms with van der Waals surface area (Å²) in [5.41, 5.74) is 5.62. The van der Waals surface area contributed by atoms with Gasteiger partial charge in [-0.2, -0.15) is 0 Å². The molecule has 1 atom stereocenters. The van der Waals surface area contributed by atoms with Crippen LogP contribution in [0.15, 0.2) is 0 Å². The van der Waals surface area contributed by atoms with E-state index in [1.165, 1.54) is 6.42 Å². The van der Waals surface area contributed by atoms with Crippen LogP contribution in [0.1, 0.15) is 45.4 Å². The van der Waals surface area contributed by atoms with E-state index in [1.807, 2.05) is 6.92 Å². The molecular formula is C15H28N2O2. The van der Waals surface area contributed by atoms with E-state index in [0.29, 0.717) is 23.8 Å². The summed E-state index contributed by atoms with van der Waals surface area (Å²) in [7, 11) is 0. The Hall–Kier alpha value is -0.610. The lowest BCUT2D eigenvalue weighted by Crippen LogP contribution is -2.43. The van der Waals surface area contributed by atoms with Crippen LogP contribution in [0.5, 0.6) is 0 Å². The fourth-order valence-corrected chi connectivity index (χ4v) is 3.35. The van der Waals surface area contributed by atoms with Crippen molar-refractivity contribution in [2.24, 2.45) is 17.6 Å².